The van der Waals surface area contributed by atoms with Gasteiger partial charge in [-0.05, 0) is 43.4 Å². The Balaban J connectivity index is 1.77. The van der Waals surface area contributed by atoms with Crippen LogP contribution < -0.4 is 11.1 Å². The van der Waals surface area contributed by atoms with Crippen LogP contribution in [0.4, 0.5) is 4.39 Å². The van der Waals surface area contributed by atoms with Gasteiger partial charge in [-0.3, -0.25) is 14.7 Å². The third-order valence-corrected chi connectivity index (χ3v) is 5.78. The molecule has 1 aromatic carbocycles. The minimum Gasteiger partial charge on any atom is -0.379 e. The molecular weight excluding hydrogens is 385 g/mol. The van der Waals surface area contributed by atoms with Crippen molar-refractivity contribution in [2.75, 3.05) is 52.5 Å². The molecule has 1 amide bonds. The number of nitrogens with two attached hydrogens (primary N) is 1. The third kappa shape index (κ3) is 6.40. The van der Waals surface area contributed by atoms with Gasteiger partial charge in [0.15, 0.2) is 5.96 Å². The lowest BCUT2D eigenvalue weighted by Gasteiger charge is -2.36. The van der Waals surface area contributed by atoms with Gasteiger partial charge in [-0.15, -0.1) is 0 Å². The number of nitrogens with one attached hydrogen (secondary N) is 1. The first kappa shape index (κ1) is 22.5. The average Bonchev–Trinajstić information content (AvgIpc) is 2.74. The van der Waals surface area contributed by atoms with Crippen molar-refractivity contribution in [1.82, 2.24) is 15.1 Å². The first-order valence-electron chi connectivity index (χ1n) is 11.0. The number of primary amides is 1. The Labute approximate surface area is 178 Å². The van der Waals surface area contributed by atoms with E-state index in [4.69, 9.17) is 15.5 Å². The Bertz CT molecular complexity index is 723. The number of aliphatic imine (C=N–C) groups is 1. The molecule has 0 saturated carbocycles. The summed E-state index contributed by atoms with van der Waals surface area (Å²) in [5.41, 5.74) is 6.34. The zero-order valence-electron chi connectivity index (χ0n) is 17.9. The van der Waals surface area contributed by atoms with Crippen molar-refractivity contribution in [3.63, 3.8) is 0 Å². The number of carbonyl (C=O) groups excluding carboxylic acids is 1. The summed E-state index contributed by atoms with van der Waals surface area (Å²) in [6.07, 6.45) is 2.44. The third-order valence-electron chi connectivity index (χ3n) is 5.78. The number of carbonyl (C=O) groups is 1. The van der Waals surface area contributed by atoms with Gasteiger partial charge < -0.3 is 20.7 Å². The molecule has 2 heterocycles. The van der Waals surface area contributed by atoms with E-state index >= 15 is 0 Å². The lowest BCUT2D eigenvalue weighted by atomic mass is 9.95. The quantitative estimate of drug-likeness (QED) is 0.520. The van der Waals surface area contributed by atoms with E-state index in [9.17, 15) is 9.18 Å². The number of benzene rings is 1. The summed E-state index contributed by atoms with van der Waals surface area (Å²) in [5.74, 6) is 0.633. The lowest BCUT2D eigenvalue weighted by molar-refractivity contribution is -0.119. The summed E-state index contributed by atoms with van der Waals surface area (Å²) < 4.78 is 19.4. The topological polar surface area (TPSA) is 83.2 Å². The van der Waals surface area contributed by atoms with Gasteiger partial charge in [-0.1, -0.05) is 12.1 Å². The number of rotatable bonds is 7. The zero-order chi connectivity index (χ0) is 21.3. The van der Waals surface area contributed by atoms with Gasteiger partial charge in [-0.25, -0.2) is 4.39 Å². The van der Waals surface area contributed by atoms with Gasteiger partial charge in [0.1, 0.15) is 5.82 Å². The van der Waals surface area contributed by atoms with Gasteiger partial charge in [0.2, 0.25) is 5.91 Å². The van der Waals surface area contributed by atoms with E-state index < -0.39 is 0 Å². The number of amides is 1. The second-order valence-electron chi connectivity index (χ2n) is 8.04. The molecule has 0 aromatic heterocycles. The minimum absolute atomic E-state index is 0.00976. The Hall–Kier alpha value is -2.19. The fourth-order valence-electron chi connectivity index (χ4n) is 4.34. The largest absolute Gasteiger partial charge is 0.379 e. The highest BCUT2D eigenvalue weighted by Gasteiger charge is 2.26. The van der Waals surface area contributed by atoms with Crippen LogP contribution in [0.5, 0.6) is 0 Å². The number of nitrogens with zero attached hydrogens (tertiary/aromatic N) is 3. The second kappa shape index (κ2) is 11.3. The molecule has 2 aliphatic rings. The summed E-state index contributed by atoms with van der Waals surface area (Å²) >= 11 is 0. The Morgan fingerprint density at radius 1 is 1.37 bits per heavy atom. The Kier molecular flexibility index (Phi) is 8.45. The van der Waals surface area contributed by atoms with Crippen LogP contribution in [0.25, 0.3) is 0 Å². The first-order chi connectivity index (χ1) is 14.6. The molecule has 2 fully saturated rings. The minimum atomic E-state index is -0.248. The fourth-order valence-corrected chi connectivity index (χ4v) is 4.34. The molecule has 7 nitrogen and oxygen atoms in total. The Morgan fingerprint density at radius 2 is 2.17 bits per heavy atom. The summed E-state index contributed by atoms with van der Waals surface area (Å²) in [6, 6.07) is 6.79. The van der Waals surface area contributed by atoms with E-state index in [1.54, 1.807) is 12.1 Å². The molecule has 2 unspecified atom stereocenters. The highest BCUT2D eigenvalue weighted by molar-refractivity contribution is 5.80. The molecule has 0 spiro atoms. The highest BCUT2D eigenvalue weighted by Crippen LogP contribution is 2.24. The van der Waals surface area contributed by atoms with Crippen LogP contribution in [0.3, 0.4) is 0 Å². The van der Waals surface area contributed by atoms with E-state index in [1.807, 2.05) is 13.0 Å². The lowest BCUT2D eigenvalue weighted by Crippen LogP contribution is -2.47. The normalized spacial score (nSPS) is 22.0. The van der Waals surface area contributed by atoms with Crippen molar-refractivity contribution in [2.45, 2.75) is 32.2 Å². The molecule has 166 valence electrons. The van der Waals surface area contributed by atoms with Gasteiger partial charge in [-0.2, -0.15) is 0 Å². The summed E-state index contributed by atoms with van der Waals surface area (Å²) in [4.78, 5) is 20.8. The molecule has 0 bridgehead atoms. The zero-order valence-corrected chi connectivity index (χ0v) is 17.9. The fraction of sp³-hybridized carbons (Fsp3) is 0.636. The van der Waals surface area contributed by atoms with Crippen LogP contribution in [-0.4, -0.2) is 74.1 Å². The number of halogens is 1. The van der Waals surface area contributed by atoms with Gasteiger partial charge in [0, 0.05) is 39.1 Å². The summed E-state index contributed by atoms with van der Waals surface area (Å²) in [6.45, 7) is 7.98. The van der Waals surface area contributed by atoms with Crippen molar-refractivity contribution in [3.8, 4) is 0 Å². The monoisotopic (exact) mass is 419 g/mol. The smallest absolute Gasteiger partial charge is 0.217 e. The summed E-state index contributed by atoms with van der Waals surface area (Å²) in [7, 11) is 0. The van der Waals surface area contributed by atoms with Gasteiger partial charge in [0.05, 0.1) is 25.8 Å². The molecule has 2 atom stereocenters. The number of ether oxygens (including phenoxy) is 1. The van der Waals surface area contributed by atoms with Crippen LogP contribution in [-0.2, 0) is 9.53 Å². The van der Waals surface area contributed by atoms with Crippen LogP contribution >= 0.6 is 0 Å². The number of hydrogen-bond acceptors (Lipinski definition) is 4. The molecule has 1 aromatic rings. The van der Waals surface area contributed by atoms with Crippen molar-refractivity contribution < 1.29 is 13.9 Å². The van der Waals surface area contributed by atoms with E-state index in [1.165, 1.54) is 6.07 Å². The number of hydrogen-bond donors (Lipinski definition) is 2. The molecule has 3 rings (SSSR count). The van der Waals surface area contributed by atoms with Crippen molar-refractivity contribution in [3.05, 3.63) is 35.6 Å². The highest BCUT2D eigenvalue weighted by atomic mass is 19.1. The first-order valence-corrected chi connectivity index (χ1v) is 11.0. The average molecular weight is 420 g/mol. The molecule has 2 saturated heterocycles. The van der Waals surface area contributed by atoms with Gasteiger partial charge >= 0.3 is 0 Å². The van der Waals surface area contributed by atoms with Crippen LogP contribution in [0.2, 0.25) is 0 Å². The molecule has 30 heavy (non-hydrogen) atoms. The number of morpholine rings is 1. The molecular formula is C22H34FN5O2. The van der Waals surface area contributed by atoms with Gasteiger partial charge in [0.25, 0.3) is 0 Å². The Morgan fingerprint density at radius 3 is 2.87 bits per heavy atom. The van der Waals surface area contributed by atoms with E-state index in [2.05, 4.69) is 15.1 Å². The maximum atomic E-state index is 13.9. The predicted octanol–water partition coefficient (Wildman–Crippen LogP) is 1.75. The van der Waals surface area contributed by atoms with E-state index in [0.717, 1.165) is 57.1 Å². The number of likely N-dealkylation sites (tertiary alicyclic amines) is 1. The maximum Gasteiger partial charge on any atom is 0.217 e. The van der Waals surface area contributed by atoms with Crippen LogP contribution in [0, 0.1) is 11.7 Å². The van der Waals surface area contributed by atoms with E-state index in [-0.39, 0.29) is 23.7 Å². The number of piperidine rings is 1. The SMILES string of the molecule is CCNC(=NCC(c1cccc(F)c1)N1CCOCC1)N1CCCC(CC(N)=O)C1. The second-order valence-corrected chi connectivity index (χ2v) is 8.04. The van der Waals surface area contributed by atoms with Crippen molar-refractivity contribution in [2.24, 2.45) is 16.6 Å². The molecule has 2 aliphatic heterocycles. The number of guanidine groups is 1. The predicted molar refractivity (Wildman–Crippen MR) is 116 cm³/mol. The molecule has 0 radical (unpaired) electrons. The maximum absolute atomic E-state index is 13.9. The van der Waals surface area contributed by atoms with Crippen molar-refractivity contribution >= 4 is 11.9 Å². The van der Waals surface area contributed by atoms with Crippen molar-refractivity contribution in [1.29, 1.82) is 0 Å². The van der Waals surface area contributed by atoms with E-state index in [0.29, 0.717) is 26.2 Å². The van der Waals surface area contributed by atoms with Crippen LogP contribution in [0.15, 0.2) is 29.3 Å². The standard InChI is InChI=1S/C22H34FN5O2/c1-2-25-22(28-8-4-5-17(16-28)13-21(24)29)26-15-20(27-9-11-30-12-10-27)18-6-3-7-19(23)14-18/h3,6-7,14,17,20H,2,4-5,8-13,15-16H2,1H3,(H2,24,29)(H,25,26). The molecule has 8 heteroatoms. The molecule has 0 aliphatic carbocycles. The van der Waals surface area contributed by atoms with Crippen LogP contribution in [0.1, 0.15) is 37.8 Å². The summed E-state index contributed by atoms with van der Waals surface area (Å²) in [5, 5.41) is 3.39. The molecule has 3 N–H and O–H groups in total.